The number of benzene rings is 1. The Bertz CT molecular complexity index is 854. The quantitative estimate of drug-likeness (QED) is 0.545. The van der Waals surface area contributed by atoms with Gasteiger partial charge in [-0.2, -0.15) is 4.57 Å². The molecule has 0 radical (unpaired) electrons. The molecule has 0 fully saturated rings. The SMILES string of the molecule is COc1ccc(C)c2c1-n1cc[n+]3ccc(Cl)c(c13)N2. The predicted molar refractivity (Wildman–Crippen MR) is 78.5 cm³/mol. The lowest BCUT2D eigenvalue weighted by atomic mass is 10.1. The molecule has 1 aromatic carbocycles. The molecule has 2 aromatic heterocycles. The van der Waals surface area contributed by atoms with Crippen LogP contribution in [-0.2, 0) is 0 Å². The van der Waals surface area contributed by atoms with Gasteiger partial charge in [0.15, 0.2) is 11.4 Å². The highest BCUT2D eigenvalue weighted by atomic mass is 35.5. The summed E-state index contributed by atoms with van der Waals surface area (Å²) in [5.74, 6) is 0.835. The van der Waals surface area contributed by atoms with Gasteiger partial charge in [0.25, 0.3) is 0 Å². The van der Waals surface area contributed by atoms with Crippen molar-refractivity contribution >= 4 is 28.6 Å². The summed E-state index contributed by atoms with van der Waals surface area (Å²) >= 11 is 6.34. The van der Waals surface area contributed by atoms with Crippen LogP contribution < -0.4 is 14.5 Å². The van der Waals surface area contributed by atoms with E-state index in [0.29, 0.717) is 5.02 Å². The predicted octanol–water partition coefficient (Wildman–Crippen LogP) is 3.24. The first-order valence-electron chi connectivity index (χ1n) is 6.36. The Morgan fingerprint density at radius 1 is 1.20 bits per heavy atom. The molecule has 0 saturated carbocycles. The summed E-state index contributed by atoms with van der Waals surface area (Å²) in [6.45, 7) is 2.07. The molecule has 3 aromatic rings. The van der Waals surface area contributed by atoms with E-state index in [9.17, 15) is 0 Å². The fraction of sp³-hybridized carbons (Fsp3) is 0.133. The number of hydrogen-bond donors (Lipinski definition) is 1. The highest BCUT2D eigenvalue weighted by Crippen LogP contribution is 2.42. The van der Waals surface area contributed by atoms with Crippen LogP contribution in [0.15, 0.2) is 36.8 Å². The molecule has 1 N–H and O–H groups in total. The van der Waals surface area contributed by atoms with Crippen molar-refractivity contribution in [1.29, 1.82) is 0 Å². The third-order valence-corrected chi connectivity index (χ3v) is 4.07. The smallest absolute Gasteiger partial charge is 0.317 e. The van der Waals surface area contributed by atoms with Crippen LogP contribution in [0.25, 0.3) is 11.3 Å². The van der Waals surface area contributed by atoms with Crippen LogP contribution in [0.5, 0.6) is 5.75 Å². The number of pyridine rings is 1. The zero-order chi connectivity index (χ0) is 13.9. The molecule has 0 unspecified atom stereocenters. The summed E-state index contributed by atoms with van der Waals surface area (Å²) in [7, 11) is 1.69. The maximum atomic E-state index is 6.34. The van der Waals surface area contributed by atoms with Crippen molar-refractivity contribution in [2.45, 2.75) is 6.92 Å². The van der Waals surface area contributed by atoms with E-state index in [1.54, 1.807) is 7.11 Å². The van der Waals surface area contributed by atoms with Crippen molar-refractivity contribution in [3.05, 3.63) is 47.4 Å². The van der Waals surface area contributed by atoms with Gasteiger partial charge in [0.1, 0.15) is 18.1 Å². The molecule has 0 spiro atoms. The van der Waals surface area contributed by atoms with E-state index >= 15 is 0 Å². The molecular formula is C15H13ClN3O+. The van der Waals surface area contributed by atoms with Crippen molar-refractivity contribution in [1.82, 2.24) is 4.57 Å². The van der Waals surface area contributed by atoms with E-state index < -0.39 is 0 Å². The van der Waals surface area contributed by atoms with Gasteiger partial charge >= 0.3 is 5.65 Å². The second-order valence-corrected chi connectivity index (χ2v) is 5.28. The summed E-state index contributed by atoms with van der Waals surface area (Å²) in [5, 5.41) is 4.15. The lowest BCUT2D eigenvalue weighted by Crippen LogP contribution is -2.23. The molecule has 4 nitrogen and oxygen atoms in total. The summed E-state index contributed by atoms with van der Waals surface area (Å²) < 4.78 is 9.66. The molecule has 3 heterocycles. The van der Waals surface area contributed by atoms with E-state index in [0.717, 1.165) is 34.0 Å². The standard InChI is InChI=1S/C15H13ClN3O/c1-9-3-4-11(20-2)14-12(9)17-13-10(16)5-6-18-7-8-19(14)15(13)18/h3-8,17H,1-2H3/q+1. The van der Waals surface area contributed by atoms with E-state index in [1.165, 1.54) is 0 Å². The summed E-state index contributed by atoms with van der Waals surface area (Å²) in [5.41, 5.74) is 5.13. The van der Waals surface area contributed by atoms with Crippen molar-refractivity contribution in [3.8, 4) is 11.4 Å². The molecule has 5 heteroatoms. The number of aryl methyl sites for hydroxylation is 1. The highest BCUT2D eigenvalue weighted by molar-refractivity contribution is 6.34. The fourth-order valence-electron chi connectivity index (χ4n) is 2.77. The molecule has 0 saturated heterocycles. The average Bonchev–Trinajstić information content (AvgIpc) is 2.89. The first-order chi connectivity index (χ1) is 9.70. The normalized spacial score (nSPS) is 12.2. The van der Waals surface area contributed by atoms with Gasteiger partial charge in [-0.1, -0.05) is 17.7 Å². The van der Waals surface area contributed by atoms with Crippen molar-refractivity contribution in [3.63, 3.8) is 0 Å². The summed E-state index contributed by atoms with van der Waals surface area (Å²) in [4.78, 5) is 0. The number of aromatic nitrogens is 2. The van der Waals surface area contributed by atoms with Gasteiger partial charge in [-0.25, -0.2) is 4.40 Å². The molecule has 0 amide bonds. The number of nitrogens with one attached hydrogen (secondary N) is 1. The van der Waals surface area contributed by atoms with Gasteiger partial charge < -0.3 is 10.1 Å². The van der Waals surface area contributed by atoms with Gasteiger partial charge in [-0.05, 0) is 24.6 Å². The third-order valence-electron chi connectivity index (χ3n) is 3.75. The highest BCUT2D eigenvalue weighted by Gasteiger charge is 2.30. The number of rotatable bonds is 1. The number of halogens is 1. The fourth-order valence-corrected chi connectivity index (χ4v) is 2.95. The number of anilines is 2. The minimum Gasteiger partial charge on any atom is -0.492 e. The number of nitrogens with zero attached hydrogens (tertiary/aromatic N) is 2. The van der Waals surface area contributed by atoms with Crippen LogP contribution in [0.1, 0.15) is 5.56 Å². The molecular weight excluding hydrogens is 274 g/mol. The number of methoxy groups -OCH3 is 1. The summed E-state index contributed by atoms with van der Waals surface area (Å²) in [6.07, 6.45) is 5.98. The van der Waals surface area contributed by atoms with Gasteiger partial charge in [-0.15, -0.1) is 0 Å². The Balaban J connectivity index is 2.18. The molecule has 100 valence electrons. The second kappa shape index (κ2) is 3.90. The van der Waals surface area contributed by atoms with Crippen LogP contribution in [0, 0.1) is 6.92 Å². The van der Waals surface area contributed by atoms with Crippen LogP contribution in [0.2, 0.25) is 5.02 Å². The van der Waals surface area contributed by atoms with E-state index in [4.69, 9.17) is 16.3 Å². The first-order valence-corrected chi connectivity index (χ1v) is 6.74. The number of fused-ring (bicyclic) bond motifs is 2. The van der Waals surface area contributed by atoms with Crippen molar-refractivity contribution in [2.75, 3.05) is 12.4 Å². The van der Waals surface area contributed by atoms with E-state index in [1.807, 2.05) is 41.2 Å². The lowest BCUT2D eigenvalue weighted by molar-refractivity contribution is -0.509. The molecule has 0 bridgehead atoms. The minimum atomic E-state index is 0.706. The van der Waals surface area contributed by atoms with Crippen LogP contribution in [-0.4, -0.2) is 11.7 Å². The van der Waals surface area contributed by atoms with Gasteiger partial charge in [-0.3, -0.25) is 0 Å². The maximum Gasteiger partial charge on any atom is 0.317 e. The first kappa shape index (κ1) is 11.6. The van der Waals surface area contributed by atoms with E-state index in [-0.39, 0.29) is 0 Å². The molecule has 1 aliphatic heterocycles. The Morgan fingerprint density at radius 2 is 2.05 bits per heavy atom. The molecule has 0 atom stereocenters. The van der Waals surface area contributed by atoms with Gasteiger partial charge in [0.2, 0.25) is 0 Å². The van der Waals surface area contributed by atoms with E-state index in [2.05, 4.69) is 16.8 Å². The molecule has 1 aliphatic rings. The Labute approximate surface area is 121 Å². The third kappa shape index (κ3) is 1.34. The monoisotopic (exact) mass is 286 g/mol. The van der Waals surface area contributed by atoms with Crippen molar-refractivity contribution in [2.24, 2.45) is 0 Å². The topological polar surface area (TPSA) is 30.3 Å². The number of imidazole rings is 1. The molecule has 20 heavy (non-hydrogen) atoms. The van der Waals surface area contributed by atoms with Crippen molar-refractivity contribution < 1.29 is 9.14 Å². The molecule has 0 aliphatic carbocycles. The number of ether oxygens (including phenoxy) is 1. The number of hydrogen-bond acceptors (Lipinski definition) is 2. The Morgan fingerprint density at radius 3 is 2.85 bits per heavy atom. The van der Waals surface area contributed by atoms with Crippen LogP contribution >= 0.6 is 11.6 Å². The largest absolute Gasteiger partial charge is 0.492 e. The van der Waals surface area contributed by atoms with Crippen LogP contribution in [0.4, 0.5) is 11.4 Å². The summed E-state index contributed by atoms with van der Waals surface area (Å²) in [6, 6.07) is 5.92. The minimum absolute atomic E-state index is 0.706. The Hall–Kier alpha value is -2.20. The zero-order valence-electron chi connectivity index (χ0n) is 11.1. The molecule has 4 rings (SSSR count). The Kier molecular flexibility index (Phi) is 2.26. The lowest BCUT2D eigenvalue weighted by Gasteiger charge is -2.20. The van der Waals surface area contributed by atoms with Gasteiger partial charge in [0, 0.05) is 0 Å². The second-order valence-electron chi connectivity index (χ2n) is 4.87. The average molecular weight is 287 g/mol. The van der Waals surface area contributed by atoms with Crippen LogP contribution in [0.3, 0.4) is 0 Å². The maximum absolute atomic E-state index is 6.34. The zero-order valence-corrected chi connectivity index (χ0v) is 11.9. The van der Waals surface area contributed by atoms with Gasteiger partial charge in [0.05, 0.1) is 24.0 Å².